The smallest absolute Gasteiger partial charge is 0.189 e. The van der Waals surface area contributed by atoms with Gasteiger partial charge in [0, 0.05) is 17.2 Å². The summed E-state index contributed by atoms with van der Waals surface area (Å²) >= 11 is 8.70. The Balaban J connectivity index is 1.95. The van der Waals surface area contributed by atoms with Crippen LogP contribution < -0.4 is 15.8 Å². The van der Waals surface area contributed by atoms with Gasteiger partial charge in [-0.2, -0.15) is 0 Å². The molecule has 2 aromatic carbocycles. The highest BCUT2D eigenvalue weighted by molar-refractivity contribution is 9.10. The summed E-state index contributed by atoms with van der Waals surface area (Å²) in [5.74, 6) is 0. The van der Waals surface area contributed by atoms with Gasteiger partial charge in [-0.3, -0.25) is 10.4 Å². The lowest BCUT2D eigenvalue weighted by Gasteiger charge is -2.22. The summed E-state index contributed by atoms with van der Waals surface area (Å²) in [6.45, 7) is 0. The third kappa shape index (κ3) is 4.22. The number of hydrogen-bond acceptors (Lipinski definition) is 2. The molecule has 0 aliphatic rings. The van der Waals surface area contributed by atoms with Gasteiger partial charge in [0.05, 0.1) is 5.69 Å². The molecule has 0 bridgehead atoms. The standard InChI is InChI=1S/C14H14BrN3S/c1-18(13-8-3-2-4-9-13)17-14(19)16-12-7-5-6-11(15)10-12/h2-10H,1H3,(H2,16,17,19). The molecular formula is C14H14BrN3S. The van der Waals surface area contributed by atoms with E-state index in [0.717, 1.165) is 15.8 Å². The van der Waals surface area contributed by atoms with Crippen LogP contribution in [-0.2, 0) is 0 Å². The van der Waals surface area contributed by atoms with Crippen molar-refractivity contribution < 1.29 is 0 Å². The van der Waals surface area contributed by atoms with Crippen LogP contribution in [0.3, 0.4) is 0 Å². The highest BCUT2D eigenvalue weighted by atomic mass is 79.9. The molecule has 0 saturated carbocycles. The lowest BCUT2D eigenvalue weighted by molar-refractivity contribution is 0.888. The third-order valence-corrected chi connectivity index (χ3v) is 3.18. The van der Waals surface area contributed by atoms with Crippen molar-refractivity contribution in [2.75, 3.05) is 17.4 Å². The number of thiocarbonyl (C=S) groups is 1. The molecule has 0 heterocycles. The normalized spacial score (nSPS) is 9.79. The molecule has 3 nitrogen and oxygen atoms in total. The molecule has 0 spiro atoms. The van der Waals surface area contributed by atoms with Crippen LogP contribution >= 0.6 is 28.1 Å². The molecule has 19 heavy (non-hydrogen) atoms. The minimum atomic E-state index is 0.546. The van der Waals surface area contributed by atoms with Crippen LogP contribution in [0, 0.1) is 0 Å². The Morgan fingerprint density at radius 1 is 1.11 bits per heavy atom. The second kappa shape index (κ2) is 6.54. The highest BCUT2D eigenvalue weighted by Gasteiger charge is 2.02. The van der Waals surface area contributed by atoms with Crippen LogP contribution in [0.2, 0.25) is 0 Å². The Hall–Kier alpha value is -1.59. The summed E-state index contributed by atoms with van der Waals surface area (Å²) in [4.78, 5) is 0. The Labute approximate surface area is 126 Å². The number of anilines is 2. The zero-order valence-electron chi connectivity index (χ0n) is 10.4. The quantitative estimate of drug-likeness (QED) is 0.659. The maximum absolute atomic E-state index is 5.28. The lowest BCUT2D eigenvalue weighted by Crippen LogP contribution is -2.41. The SMILES string of the molecule is CN(NC(=S)Nc1cccc(Br)c1)c1ccccc1. The summed E-state index contributed by atoms with van der Waals surface area (Å²) < 4.78 is 1.01. The van der Waals surface area contributed by atoms with Gasteiger partial charge >= 0.3 is 0 Å². The second-order valence-electron chi connectivity index (χ2n) is 3.97. The molecule has 2 aromatic rings. The summed E-state index contributed by atoms with van der Waals surface area (Å²) in [6, 6.07) is 17.8. The van der Waals surface area contributed by atoms with Crippen LogP contribution in [0.4, 0.5) is 11.4 Å². The van der Waals surface area contributed by atoms with E-state index in [1.807, 2.05) is 66.7 Å². The van der Waals surface area contributed by atoms with E-state index < -0.39 is 0 Å². The van der Waals surface area contributed by atoms with Crippen molar-refractivity contribution >= 4 is 44.6 Å². The van der Waals surface area contributed by atoms with Crippen molar-refractivity contribution in [1.82, 2.24) is 5.43 Å². The first-order chi connectivity index (χ1) is 9.15. The molecule has 5 heteroatoms. The number of halogens is 1. The molecular weight excluding hydrogens is 322 g/mol. The van der Waals surface area contributed by atoms with Crippen molar-refractivity contribution in [2.24, 2.45) is 0 Å². The van der Waals surface area contributed by atoms with E-state index >= 15 is 0 Å². The fourth-order valence-corrected chi connectivity index (χ4v) is 2.25. The van der Waals surface area contributed by atoms with Crippen molar-refractivity contribution in [1.29, 1.82) is 0 Å². The fraction of sp³-hybridized carbons (Fsp3) is 0.0714. The van der Waals surface area contributed by atoms with Gasteiger partial charge < -0.3 is 5.32 Å². The Morgan fingerprint density at radius 3 is 2.53 bits per heavy atom. The van der Waals surface area contributed by atoms with Gasteiger partial charge in [-0.1, -0.05) is 40.2 Å². The van der Waals surface area contributed by atoms with E-state index in [2.05, 4.69) is 26.7 Å². The predicted molar refractivity (Wildman–Crippen MR) is 88.3 cm³/mol. The third-order valence-electron chi connectivity index (χ3n) is 2.50. The summed E-state index contributed by atoms with van der Waals surface area (Å²) in [7, 11) is 1.92. The van der Waals surface area contributed by atoms with Crippen LogP contribution in [0.5, 0.6) is 0 Å². The molecule has 0 fully saturated rings. The molecule has 98 valence electrons. The number of para-hydroxylation sites is 1. The van der Waals surface area contributed by atoms with Gasteiger partial charge in [0.25, 0.3) is 0 Å². The molecule has 0 aliphatic carbocycles. The molecule has 0 aliphatic heterocycles. The molecule has 0 aromatic heterocycles. The molecule has 0 radical (unpaired) electrons. The molecule has 2 rings (SSSR count). The fourth-order valence-electron chi connectivity index (χ4n) is 1.59. The van der Waals surface area contributed by atoms with Crippen LogP contribution in [-0.4, -0.2) is 12.2 Å². The maximum atomic E-state index is 5.28. The maximum Gasteiger partial charge on any atom is 0.189 e. The van der Waals surface area contributed by atoms with Crippen LogP contribution in [0.1, 0.15) is 0 Å². The van der Waals surface area contributed by atoms with Crippen molar-refractivity contribution in [3.05, 3.63) is 59.1 Å². The number of hydrazine groups is 1. The summed E-state index contributed by atoms with van der Waals surface area (Å²) in [6.07, 6.45) is 0. The lowest BCUT2D eigenvalue weighted by atomic mass is 10.3. The average Bonchev–Trinajstić information content (AvgIpc) is 2.39. The van der Waals surface area contributed by atoms with Gasteiger partial charge in [0.15, 0.2) is 5.11 Å². The second-order valence-corrected chi connectivity index (χ2v) is 5.29. The zero-order chi connectivity index (χ0) is 13.7. The van der Waals surface area contributed by atoms with Crippen LogP contribution in [0.25, 0.3) is 0 Å². The Morgan fingerprint density at radius 2 is 1.84 bits per heavy atom. The Kier molecular flexibility index (Phi) is 4.76. The molecule has 0 unspecified atom stereocenters. The molecule has 0 atom stereocenters. The van der Waals surface area contributed by atoms with Crippen molar-refractivity contribution in [2.45, 2.75) is 0 Å². The van der Waals surface area contributed by atoms with E-state index in [1.54, 1.807) is 0 Å². The van der Waals surface area contributed by atoms with Gasteiger partial charge in [-0.25, -0.2) is 0 Å². The summed E-state index contributed by atoms with van der Waals surface area (Å²) in [5, 5.41) is 5.55. The van der Waals surface area contributed by atoms with E-state index in [4.69, 9.17) is 12.2 Å². The summed E-state index contributed by atoms with van der Waals surface area (Å²) in [5.41, 5.74) is 5.08. The number of nitrogens with zero attached hydrogens (tertiary/aromatic N) is 1. The molecule has 0 amide bonds. The van der Waals surface area contributed by atoms with Crippen LogP contribution in [0.15, 0.2) is 59.1 Å². The Bertz CT molecular complexity index is 560. The first-order valence-electron chi connectivity index (χ1n) is 5.77. The van der Waals surface area contributed by atoms with E-state index in [9.17, 15) is 0 Å². The van der Waals surface area contributed by atoms with Gasteiger partial charge in [0.1, 0.15) is 0 Å². The first kappa shape index (κ1) is 13.8. The minimum Gasteiger partial charge on any atom is -0.331 e. The largest absolute Gasteiger partial charge is 0.331 e. The minimum absolute atomic E-state index is 0.546. The van der Waals surface area contributed by atoms with E-state index in [0.29, 0.717) is 5.11 Å². The molecule has 0 saturated heterocycles. The topological polar surface area (TPSA) is 27.3 Å². The number of rotatable bonds is 3. The average molecular weight is 336 g/mol. The molecule has 2 N–H and O–H groups in total. The zero-order valence-corrected chi connectivity index (χ0v) is 12.8. The highest BCUT2D eigenvalue weighted by Crippen LogP contribution is 2.15. The monoisotopic (exact) mass is 335 g/mol. The van der Waals surface area contributed by atoms with Crippen molar-refractivity contribution in [3.8, 4) is 0 Å². The first-order valence-corrected chi connectivity index (χ1v) is 6.97. The van der Waals surface area contributed by atoms with Gasteiger partial charge in [0.2, 0.25) is 0 Å². The number of hydrogen-bond donors (Lipinski definition) is 2. The number of nitrogens with one attached hydrogen (secondary N) is 2. The van der Waals surface area contributed by atoms with Gasteiger partial charge in [-0.15, -0.1) is 0 Å². The van der Waals surface area contributed by atoms with Crippen molar-refractivity contribution in [3.63, 3.8) is 0 Å². The van der Waals surface area contributed by atoms with Gasteiger partial charge in [-0.05, 0) is 42.5 Å². The predicted octanol–water partition coefficient (Wildman–Crippen LogP) is 3.79. The number of benzene rings is 2. The van der Waals surface area contributed by atoms with E-state index in [-0.39, 0.29) is 0 Å². The van der Waals surface area contributed by atoms with E-state index in [1.165, 1.54) is 0 Å².